The van der Waals surface area contributed by atoms with Crippen molar-refractivity contribution in [3.8, 4) is 0 Å². The Hall–Kier alpha value is -2.99. The third kappa shape index (κ3) is 7.64. The van der Waals surface area contributed by atoms with Crippen molar-refractivity contribution in [3.05, 3.63) is 71.3 Å². The third-order valence-electron chi connectivity index (χ3n) is 4.64. The Morgan fingerprint density at radius 1 is 1.06 bits per heavy atom. The van der Waals surface area contributed by atoms with Crippen molar-refractivity contribution in [1.29, 1.82) is 0 Å². The highest BCUT2D eigenvalue weighted by atomic mass is 35.5. The van der Waals surface area contributed by atoms with E-state index >= 15 is 0 Å². The summed E-state index contributed by atoms with van der Waals surface area (Å²) in [5.74, 6) is 0. The molecule has 0 heterocycles. The molecule has 0 aliphatic carbocycles. The molecule has 2 aromatic carbocycles. The van der Waals surface area contributed by atoms with Crippen LogP contribution in [-0.4, -0.2) is 24.3 Å². The largest absolute Gasteiger partial charge is 0.441 e. The van der Waals surface area contributed by atoms with Crippen molar-refractivity contribution in [3.63, 3.8) is 0 Å². The molecule has 0 bridgehead atoms. The van der Waals surface area contributed by atoms with E-state index in [4.69, 9.17) is 16.3 Å². The summed E-state index contributed by atoms with van der Waals surface area (Å²) in [5, 5.41) is 8.94. The van der Waals surface area contributed by atoms with Gasteiger partial charge < -0.3 is 15.4 Å². The van der Waals surface area contributed by atoms with E-state index in [1.165, 1.54) is 0 Å². The number of amides is 3. The molecule has 2 rings (SSSR count). The van der Waals surface area contributed by atoms with Crippen LogP contribution in [0.2, 0.25) is 5.02 Å². The lowest BCUT2D eigenvalue weighted by molar-refractivity contribution is 0.0504. The van der Waals surface area contributed by atoms with Gasteiger partial charge >= 0.3 is 12.1 Å². The number of allylic oxidation sites excluding steroid dienone is 1. The Morgan fingerprint density at radius 2 is 1.71 bits per heavy atom. The van der Waals surface area contributed by atoms with E-state index in [9.17, 15) is 9.59 Å². The van der Waals surface area contributed by atoms with Crippen LogP contribution < -0.4 is 16.0 Å². The zero-order valence-corrected chi connectivity index (χ0v) is 19.4. The van der Waals surface area contributed by atoms with Gasteiger partial charge in [0.2, 0.25) is 0 Å². The van der Waals surface area contributed by atoms with Crippen molar-refractivity contribution in [2.45, 2.75) is 45.8 Å². The number of ether oxygens (including phenoxy) is 1. The third-order valence-corrected chi connectivity index (χ3v) is 4.89. The maximum Gasteiger partial charge on any atom is 0.412 e. The number of carbonyl (C=O) groups excluding carboxylic acids is 2. The second-order valence-corrected chi connectivity index (χ2v) is 9.01. The number of carbonyl (C=O) groups is 2. The van der Waals surface area contributed by atoms with Gasteiger partial charge in [-0.3, -0.25) is 5.32 Å². The first-order chi connectivity index (χ1) is 14.4. The zero-order chi connectivity index (χ0) is 23.2. The van der Waals surface area contributed by atoms with Crippen LogP contribution in [0.15, 0.2) is 55.1 Å². The molecule has 0 radical (unpaired) electrons. The van der Waals surface area contributed by atoms with E-state index < -0.39 is 17.2 Å². The van der Waals surface area contributed by atoms with Gasteiger partial charge in [-0.15, -0.1) is 0 Å². The predicted molar refractivity (Wildman–Crippen MR) is 126 cm³/mol. The number of hydrogen-bond acceptors (Lipinski definition) is 3. The summed E-state index contributed by atoms with van der Waals surface area (Å²) >= 11 is 5.84. The molecule has 0 atom stereocenters. The lowest BCUT2D eigenvalue weighted by atomic mass is 9.92. The fourth-order valence-corrected chi connectivity index (χ4v) is 2.96. The molecule has 7 heteroatoms. The van der Waals surface area contributed by atoms with Crippen molar-refractivity contribution in [1.82, 2.24) is 10.6 Å². The highest BCUT2D eigenvalue weighted by molar-refractivity contribution is 6.30. The Morgan fingerprint density at radius 3 is 2.32 bits per heavy atom. The standard InChI is InChI=1S/C24H30ClN3O3/c1-16(2)17-8-7-9-18(14-17)24(5,6)28-21(29)26-15-23(3,4)31-22(30)27-20-12-10-19(25)11-13-20/h7-14H,1,15H2,2-6H3,(H,27,30)(H2,26,28,29). The number of anilines is 1. The Kier molecular flexibility index (Phi) is 7.74. The van der Waals surface area contributed by atoms with Gasteiger partial charge in [-0.1, -0.05) is 42.0 Å². The smallest absolute Gasteiger partial charge is 0.412 e. The summed E-state index contributed by atoms with van der Waals surface area (Å²) in [6.45, 7) is 13.3. The summed E-state index contributed by atoms with van der Waals surface area (Å²) in [6.07, 6.45) is -0.619. The molecule has 0 fully saturated rings. The molecule has 2 aromatic rings. The lowest BCUT2D eigenvalue weighted by Gasteiger charge is -2.30. The lowest BCUT2D eigenvalue weighted by Crippen LogP contribution is -2.50. The minimum atomic E-state index is -0.919. The summed E-state index contributed by atoms with van der Waals surface area (Å²) in [5.41, 5.74) is 1.98. The number of halogens is 1. The summed E-state index contributed by atoms with van der Waals surface area (Å²) < 4.78 is 5.44. The maximum atomic E-state index is 12.5. The van der Waals surface area contributed by atoms with Crippen LogP contribution in [-0.2, 0) is 10.3 Å². The van der Waals surface area contributed by atoms with E-state index in [-0.39, 0.29) is 12.6 Å². The molecule has 31 heavy (non-hydrogen) atoms. The Bertz CT molecular complexity index is 953. The van der Waals surface area contributed by atoms with E-state index in [1.54, 1.807) is 38.1 Å². The van der Waals surface area contributed by atoms with Crippen LogP contribution in [0, 0.1) is 0 Å². The molecule has 0 aromatic heterocycles. The van der Waals surface area contributed by atoms with Gasteiger partial charge in [0.25, 0.3) is 0 Å². The fraction of sp³-hybridized carbons (Fsp3) is 0.333. The molecule has 0 aliphatic heterocycles. The van der Waals surface area contributed by atoms with Gasteiger partial charge in [-0.05, 0) is 76.1 Å². The quantitative estimate of drug-likeness (QED) is 0.495. The second kappa shape index (κ2) is 9.88. The van der Waals surface area contributed by atoms with Crippen LogP contribution in [0.5, 0.6) is 0 Å². The number of nitrogens with one attached hydrogen (secondary N) is 3. The normalized spacial score (nSPS) is 11.4. The van der Waals surface area contributed by atoms with Crippen LogP contribution in [0.4, 0.5) is 15.3 Å². The predicted octanol–water partition coefficient (Wildman–Crippen LogP) is 5.93. The van der Waals surface area contributed by atoms with E-state index in [2.05, 4.69) is 22.5 Å². The SMILES string of the molecule is C=C(C)c1cccc(C(C)(C)NC(=O)NCC(C)(C)OC(=O)Nc2ccc(Cl)cc2)c1. The van der Waals surface area contributed by atoms with Gasteiger partial charge in [-0.25, -0.2) is 9.59 Å². The van der Waals surface area contributed by atoms with E-state index in [1.807, 2.05) is 45.0 Å². The second-order valence-electron chi connectivity index (χ2n) is 8.57. The van der Waals surface area contributed by atoms with Gasteiger partial charge in [0.15, 0.2) is 0 Å². The fourth-order valence-electron chi connectivity index (χ4n) is 2.83. The molecule has 0 saturated carbocycles. The van der Waals surface area contributed by atoms with Crippen LogP contribution in [0.1, 0.15) is 45.7 Å². The molecule has 0 unspecified atom stereocenters. The Labute approximate surface area is 189 Å². The average molecular weight is 444 g/mol. The molecule has 0 saturated heterocycles. The maximum absolute atomic E-state index is 12.5. The molecule has 3 amide bonds. The summed E-state index contributed by atoms with van der Waals surface area (Å²) in [6, 6.07) is 14.2. The van der Waals surface area contributed by atoms with Crippen molar-refractivity contribution in [2.75, 3.05) is 11.9 Å². The minimum Gasteiger partial charge on any atom is -0.441 e. The van der Waals surface area contributed by atoms with Gasteiger partial charge in [0, 0.05) is 10.7 Å². The number of benzene rings is 2. The first-order valence-corrected chi connectivity index (χ1v) is 10.3. The molecule has 6 nitrogen and oxygen atoms in total. The van der Waals surface area contributed by atoms with Crippen molar-refractivity contribution in [2.24, 2.45) is 0 Å². The number of hydrogen-bond donors (Lipinski definition) is 3. The molecule has 0 aliphatic rings. The van der Waals surface area contributed by atoms with Crippen LogP contribution >= 0.6 is 11.6 Å². The first-order valence-electron chi connectivity index (χ1n) is 9.96. The average Bonchev–Trinajstić information content (AvgIpc) is 2.67. The van der Waals surface area contributed by atoms with Crippen molar-refractivity contribution >= 4 is 35.0 Å². The van der Waals surface area contributed by atoms with Gasteiger partial charge in [0.05, 0.1) is 12.1 Å². The Balaban J connectivity index is 1.89. The molecule has 0 spiro atoms. The molecular formula is C24H30ClN3O3. The minimum absolute atomic E-state index is 0.134. The highest BCUT2D eigenvalue weighted by Crippen LogP contribution is 2.23. The molecular weight excluding hydrogens is 414 g/mol. The monoisotopic (exact) mass is 443 g/mol. The van der Waals surface area contributed by atoms with E-state index in [0.717, 1.165) is 16.7 Å². The number of rotatable bonds is 7. The summed E-state index contributed by atoms with van der Waals surface area (Å²) in [7, 11) is 0. The highest BCUT2D eigenvalue weighted by Gasteiger charge is 2.27. The van der Waals surface area contributed by atoms with Crippen LogP contribution in [0.25, 0.3) is 5.57 Å². The van der Waals surface area contributed by atoms with E-state index in [0.29, 0.717) is 10.7 Å². The molecule has 3 N–H and O–H groups in total. The first kappa shape index (κ1) is 24.3. The van der Waals surface area contributed by atoms with Gasteiger partial charge in [-0.2, -0.15) is 0 Å². The van der Waals surface area contributed by atoms with Gasteiger partial charge in [0.1, 0.15) is 5.60 Å². The van der Waals surface area contributed by atoms with Crippen LogP contribution in [0.3, 0.4) is 0 Å². The topological polar surface area (TPSA) is 79.5 Å². The zero-order valence-electron chi connectivity index (χ0n) is 18.6. The van der Waals surface area contributed by atoms with Crippen molar-refractivity contribution < 1.29 is 14.3 Å². The number of urea groups is 1. The summed E-state index contributed by atoms with van der Waals surface area (Å²) in [4.78, 5) is 24.7. The molecule has 166 valence electrons.